The van der Waals surface area contributed by atoms with Gasteiger partial charge in [0.25, 0.3) is 0 Å². The van der Waals surface area contributed by atoms with E-state index in [1.807, 2.05) is 0 Å². The van der Waals surface area contributed by atoms with E-state index in [9.17, 15) is 73.4 Å². The second-order valence-electron chi connectivity index (χ2n) is 23.7. The van der Waals surface area contributed by atoms with E-state index in [0.717, 1.165) is 141 Å². The fraction of sp³-hybridized carbons (Fsp3) is 0.933. The van der Waals surface area contributed by atoms with E-state index < -0.39 is 145 Å². The molecule has 0 saturated carbocycles. The van der Waals surface area contributed by atoms with Crippen molar-refractivity contribution in [2.24, 2.45) is 0 Å². The van der Waals surface area contributed by atoms with Crippen LogP contribution in [0.15, 0.2) is 0 Å². The minimum Gasteiger partial charge on any atom is -0.462 e. The van der Waals surface area contributed by atoms with Gasteiger partial charge in [-0.3, -0.25) is 23.4 Å². The number of carbonyl (C=O) groups is 4. The van der Waals surface area contributed by atoms with Crippen LogP contribution in [0.5, 0.6) is 0 Å². The fourth-order valence-electron chi connectivity index (χ4n) is 10.9. The monoisotopic (exact) mass is 1280 g/mol. The van der Waals surface area contributed by atoms with E-state index in [2.05, 4.69) is 38.3 Å². The first-order valence-electron chi connectivity index (χ1n) is 32.8. The first-order valence-corrected chi connectivity index (χ1v) is 35.9. The second-order valence-corrected chi connectivity index (χ2v) is 26.1. The van der Waals surface area contributed by atoms with Gasteiger partial charge in [0, 0.05) is 6.42 Å². The molecule has 0 aliphatic carbocycles. The van der Waals surface area contributed by atoms with Crippen molar-refractivity contribution < 1.29 is 106 Å². The maximum Gasteiger partial charge on any atom is 0.472 e. The van der Waals surface area contributed by atoms with Crippen molar-refractivity contribution in [1.82, 2.24) is 10.6 Å². The zero-order chi connectivity index (χ0) is 63.8. The number of nitrogens with one attached hydrogen (secondary N) is 2. The van der Waals surface area contributed by atoms with E-state index in [4.69, 9.17) is 32.7 Å². The number of amides is 2. The number of carbonyl (C=O) groups excluding carboxylic acids is 4. The summed E-state index contributed by atoms with van der Waals surface area (Å²) in [5.41, 5.74) is 0. The summed E-state index contributed by atoms with van der Waals surface area (Å²) in [4.78, 5) is 93.6. The molecule has 0 radical (unpaired) electrons. The van der Waals surface area contributed by atoms with Gasteiger partial charge in [-0.1, -0.05) is 207 Å². The van der Waals surface area contributed by atoms with Crippen molar-refractivity contribution in [2.45, 2.75) is 345 Å². The molecule has 13 atom stereocenters. The summed E-state index contributed by atoms with van der Waals surface area (Å²) in [7, 11) is -10.9. The lowest BCUT2D eigenvalue weighted by Gasteiger charge is -2.45. The van der Waals surface area contributed by atoms with Gasteiger partial charge in [-0.25, -0.2) is 13.9 Å². The number of esters is 2. The van der Waals surface area contributed by atoms with Crippen molar-refractivity contribution in [3.8, 4) is 0 Å². The zero-order valence-electron chi connectivity index (χ0n) is 52.3. The van der Waals surface area contributed by atoms with Crippen LogP contribution in [0, 0.1) is 0 Å². The molecular weight excluding hydrogens is 1160 g/mol. The van der Waals surface area contributed by atoms with Crippen molar-refractivity contribution in [3.63, 3.8) is 0 Å². The van der Waals surface area contributed by atoms with Gasteiger partial charge in [0.2, 0.25) is 11.8 Å². The van der Waals surface area contributed by atoms with Crippen LogP contribution in [0.2, 0.25) is 0 Å². The van der Waals surface area contributed by atoms with Gasteiger partial charge >= 0.3 is 27.6 Å². The summed E-state index contributed by atoms with van der Waals surface area (Å²) in [5, 5.41) is 60.6. The summed E-state index contributed by atoms with van der Waals surface area (Å²) in [5.74, 6) is -3.12. The van der Waals surface area contributed by atoms with E-state index in [0.29, 0.717) is 32.1 Å². The molecule has 2 heterocycles. The predicted molar refractivity (Wildman–Crippen MR) is 322 cm³/mol. The van der Waals surface area contributed by atoms with Gasteiger partial charge in [-0.05, 0) is 38.5 Å². The minimum atomic E-state index is -5.51. The zero-order valence-corrected chi connectivity index (χ0v) is 54.1. The third-order valence-corrected chi connectivity index (χ3v) is 16.9. The Balaban J connectivity index is 2.30. The molecule has 2 saturated heterocycles. The smallest absolute Gasteiger partial charge is 0.462 e. The molecule has 0 aromatic heterocycles. The quantitative estimate of drug-likeness (QED) is 0.0154. The summed E-state index contributed by atoms with van der Waals surface area (Å²) >= 11 is 0. The van der Waals surface area contributed by atoms with Crippen LogP contribution >= 0.6 is 15.6 Å². The lowest BCUT2D eigenvalue weighted by Crippen LogP contribution is -2.67. The molecule has 0 aromatic rings. The largest absolute Gasteiger partial charge is 0.472 e. The number of hydrogen-bond donors (Lipinski definition) is 11. The number of ether oxygens (including phenoxy) is 5. The molecule has 24 nitrogen and oxygen atoms in total. The van der Waals surface area contributed by atoms with Gasteiger partial charge in [-0.2, -0.15) is 0 Å². The van der Waals surface area contributed by atoms with E-state index in [-0.39, 0.29) is 19.3 Å². The SMILES string of the molecule is CCCCCCCCCCCC(=O)O[C@H](CCCCCCCCC)CC(=O)N[C@H]1[C@H](OC[C@H]2O[C@H](OP(=O)(O)O)[C@H](NC(=O)C[C@@H](CCCCCCCCC)OC(=O)[C@@H](O)CCCCCCCCCC)[C@@H](O)[C@@H]2O)O[C@H](CO)[C@@H](OP(=O)(O)O)[C@@H]1O. The average Bonchev–Trinajstić information content (AvgIpc) is 2.39. The number of unbranched alkanes of at least 4 members (excludes halogenated alkanes) is 27. The number of aliphatic hydroxyl groups excluding tert-OH is 5. The Hall–Kier alpha value is -2.22. The van der Waals surface area contributed by atoms with Gasteiger partial charge in [0.05, 0.1) is 26.1 Å². The van der Waals surface area contributed by atoms with Crippen LogP contribution in [-0.2, 0) is 61.0 Å². The number of hydrogen-bond acceptors (Lipinski definition) is 18. The molecular formula is C60H114N2O22P2. The molecule has 2 aliphatic heterocycles. The van der Waals surface area contributed by atoms with Crippen LogP contribution in [0.4, 0.5) is 0 Å². The molecule has 0 unspecified atom stereocenters. The highest BCUT2D eigenvalue weighted by Crippen LogP contribution is 2.43. The number of rotatable bonds is 52. The highest BCUT2D eigenvalue weighted by Gasteiger charge is 2.52. The van der Waals surface area contributed by atoms with Crippen LogP contribution in [0.3, 0.4) is 0 Å². The number of aliphatic hydroxyl groups is 5. The van der Waals surface area contributed by atoms with Gasteiger partial charge < -0.3 is 79.4 Å². The normalized spacial score (nSPS) is 23.8. The molecule has 86 heavy (non-hydrogen) atoms. The molecule has 0 aromatic carbocycles. The van der Waals surface area contributed by atoms with Crippen LogP contribution in [0.1, 0.15) is 265 Å². The molecule has 2 rings (SSSR count). The molecule has 0 spiro atoms. The Morgan fingerprint density at radius 1 is 0.477 bits per heavy atom. The summed E-state index contributed by atoms with van der Waals surface area (Å²) < 4.78 is 63.2. The maximum atomic E-state index is 14.0. The molecule has 2 amide bonds. The van der Waals surface area contributed by atoms with Crippen molar-refractivity contribution in [1.29, 1.82) is 0 Å². The van der Waals surface area contributed by atoms with Gasteiger partial charge in [-0.15, -0.1) is 0 Å². The Bertz CT molecular complexity index is 1900. The van der Waals surface area contributed by atoms with E-state index in [1.54, 1.807) is 0 Å². The summed E-state index contributed by atoms with van der Waals surface area (Å²) in [6, 6.07) is -3.64. The topological polar surface area (TPSA) is 373 Å². The molecule has 2 fully saturated rings. The third-order valence-electron chi connectivity index (χ3n) is 15.9. The van der Waals surface area contributed by atoms with Crippen molar-refractivity contribution in [3.05, 3.63) is 0 Å². The molecule has 506 valence electrons. The second kappa shape index (κ2) is 46.8. The Morgan fingerprint density at radius 3 is 1.29 bits per heavy atom. The van der Waals surface area contributed by atoms with Gasteiger partial charge in [0.1, 0.15) is 60.9 Å². The molecule has 26 heteroatoms. The summed E-state index contributed by atoms with van der Waals surface area (Å²) in [6.07, 6.45) is 11.2. The van der Waals surface area contributed by atoms with Crippen LogP contribution in [-0.4, -0.2) is 162 Å². The van der Waals surface area contributed by atoms with E-state index in [1.165, 1.54) is 32.1 Å². The Kier molecular flexibility index (Phi) is 43.5. The van der Waals surface area contributed by atoms with Crippen LogP contribution in [0.25, 0.3) is 0 Å². The maximum absolute atomic E-state index is 14.0. The molecule has 0 bridgehead atoms. The number of phosphoric acid groups is 2. The van der Waals surface area contributed by atoms with Crippen molar-refractivity contribution >= 4 is 39.4 Å². The summed E-state index contributed by atoms with van der Waals surface area (Å²) in [6.45, 7) is 6.64. The Labute approximate surface area is 512 Å². The molecule has 11 N–H and O–H groups in total. The molecule has 2 aliphatic rings. The Morgan fingerprint density at radius 2 is 0.860 bits per heavy atom. The minimum absolute atomic E-state index is 0.138. The lowest BCUT2D eigenvalue weighted by molar-refractivity contribution is -0.294. The standard InChI is InChI=1S/C60H114N2O22P2/c1-5-9-13-17-21-23-27-31-35-39-51(67)79-44(36-32-28-24-19-15-11-7-3)40-49(65)62-53-56(70)57(83-85(72,73)74)47(42-63)81-59(53)78-43-48-54(68)55(69)52(60(82-48)84-86(75,76)77)61-50(66)41-45(37-33-29-25-20-16-12-8-4)80-58(71)46(64)38-34-30-26-22-18-14-10-6-2/h44-48,52-57,59-60,63-64,68-70H,5-43H2,1-4H3,(H,61,66)(H,62,65)(H2,72,73,74)(H2,75,76,77)/t44-,45-,46+,47-,48-,52-,53-,54-,55-,56-,57-,59-,60-/m1/s1. The highest BCUT2D eigenvalue weighted by atomic mass is 31.2. The first-order chi connectivity index (χ1) is 41.1. The first kappa shape index (κ1) is 79.9. The lowest BCUT2D eigenvalue weighted by atomic mass is 9.95. The predicted octanol–water partition coefficient (Wildman–Crippen LogP) is 8.78. The third kappa shape index (κ3) is 36.0. The van der Waals surface area contributed by atoms with E-state index >= 15 is 0 Å². The average molecular weight is 1280 g/mol. The van der Waals surface area contributed by atoms with Gasteiger partial charge in [0.15, 0.2) is 18.7 Å². The van der Waals surface area contributed by atoms with Crippen molar-refractivity contribution in [2.75, 3.05) is 13.2 Å². The highest BCUT2D eigenvalue weighted by molar-refractivity contribution is 7.46. The fourth-order valence-corrected chi connectivity index (χ4v) is 11.9. The van der Waals surface area contributed by atoms with Crippen LogP contribution < -0.4 is 10.6 Å². The number of phosphoric ester groups is 2.